The molecule has 0 unspecified atom stereocenters. The Morgan fingerprint density at radius 2 is 1.83 bits per heavy atom. The molecule has 4 heterocycles. The van der Waals surface area contributed by atoms with E-state index in [2.05, 4.69) is 15.4 Å². The first kappa shape index (κ1) is 26.4. The molecule has 0 saturated carbocycles. The summed E-state index contributed by atoms with van der Waals surface area (Å²) in [5, 5.41) is 21.4. The zero-order valence-corrected chi connectivity index (χ0v) is 23.0. The fraction of sp³-hybridized carbons (Fsp3) is 0.207. The van der Waals surface area contributed by atoms with E-state index in [4.69, 9.17) is 5.10 Å². The summed E-state index contributed by atoms with van der Waals surface area (Å²) >= 11 is 0. The molecule has 0 atom stereocenters. The summed E-state index contributed by atoms with van der Waals surface area (Å²) in [6.45, 7) is 2.58. The maximum Gasteiger partial charge on any atom is 0.262 e. The molecule has 12 heteroatoms. The lowest BCUT2D eigenvalue weighted by Crippen LogP contribution is -2.38. The van der Waals surface area contributed by atoms with Gasteiger partial charge in [-0.05, 0) is 50.1 Å². The summed E-state index contributed by atoms with van der Waals surface area (Å²) in [6, 6.07) is 19.6. The van der Waals surface area contributed by atoms with Gasteiger partial charge in [-0.2, -0.15) is 19.8 Å². The fourth-order valence-corrected chi connectivity index (χ4v) is 6.67. The molecule has 5 aromatic rings. The highest BCUT2D eigenvalue weighted by molar-refractivity contribution is 7.89. The molecular weight excluding hydrogens is 540 g/mol. The molecular formula is C29H26N8O3S. The number of hydrogen-bond donors (Lipinski definition) is 1. The highest BCUT2D eigenvalue weighted by Crippen LogP contribution is 2.33. The Bertz CT molecular complexity index is 1900. The molecule has 206 valence electrons. The van der Waals surface area contributed by atoms with Crippen molar-refractivity contribution in [3.8, 4) is 11.8 Å². The van der Waals surface area contributed by atoms with Crippen molar-refractivity contribution >= 4 is 27.4 Å². The van der Waals surface area contributed by atoms with Crippen LogP contribution < -0.4 is 5.32 Å². The number of nitriles is 1. The molecule has 41 heavy (non-hydrogen) atoms. The summed E-state index contributed by atoms with van der Waals surface area (Å²) in [7, 11) is -3.81. The minimum absolute atomic E-state index is 0.0198. The molecule has 1 amide bonds. The zero-order valence-electron chi connectivity index (χ0n) is 22.2. The predicted octanol–water partition coefficient (Wildman–Crippen LogP) is 3.92. The molecule has 1 fully saturated rings. The maximum absolute atomic E-state index is 13.3. The molecule has 1 N–H and O–H groups in total. The van der Waals surface area contributed by atoms with Crippen molar-refractivity contribution in [1.29, 1.82) is 5.26 Å². The average Bonchev–Trinajstić information content (AvgIpc) is 3.62. The van der Waals surface area contributed by atoms with Gasteiger partial charge < -0.3 is 5.32 Å². The highest BCUT2D eigenvalue weighted by Gasteiger charge is 2.33. The van der Waals surface area contributed by atoms with Gasteiger partial charge in [0.25, 0.3) is 5.91 Å². The average molecular weight is 567 g/mol. The number of rotatable bonds is 6. The lowest BCUT2D eigenvalue weighted by molar-refractivity contribution is 0.102. The van der Waals surface area contributed by atoms with E-state index in [0.717, 1.165) is 16.9 Å². The van der Waals surface area contributed by atoms with Crippen molar-refractivity contribution in [3.05, 3.63) is 102 Å². The number of aryl methyl sites for hydroxylation is 1. The topological polar surface area (TPSA) is 138 Å². The standard InChI is InChI=1S/C29H26N8O3S/c1-20-7-9-23(10-8-20)37-27(33-29(38)24-19-32-36-14-4-13-31-28(24)36)17-25(34-37)21-11-15-35(16-12-21)41(39,40)26-6-3-2-5-22(26)18-30/h2-10,13-14,17,19,21H,11-12,15-16H2,1H3,(H,33,38). The number of aromatic nitrogens is 5. The lowest BCUT2D eigenvalue weighted by Gasteiger charge is -2.30. The predicted molar refractivity (Wildman–Crippen MR) is 151 cm³/mol. The molecule has 0 spiro atoms. The number of nitrogens with zero attached hydrogens (tertiary/aromatic N) is 7. The number of anilines is 1. The number of piperidine rings is 1. The van der Waals surface area contributed by atoms with Crippen LogP contribution in [0.5, 0.6) is 0 Å². The number of amides is 1. The monoisotopic (exact) mass is 566 g/mol. The first-order valence-electron chi connectivity index (χ1n) is 13.1. The maximum atomic E-state index is 13.3. The van der Waals surface area contributed by atoms with Crippen molar-refractivity contribution in [1.82, 2.24) is 28.7 Å². The van der Waals surface area contributed by atoms with Crippen LogP contribution in [0.3, 0.4) is 0 Å². The van der Waals surface area contributed by atoms with Gasteiger partial charge in [0.1, 0.15) is 17.5 Å². The number of hydrogen-bond acceptors (Lipinski definition) is 7. The second-order valence-electron chi connectivity index (χ2n) is 9.89. The quantitative estimate of drug-likeness (QED) is 0.329. The van der Waals surface area contributed by atoms with Gasteiger partial charge in [0.05, 0.1) is 28.0 Å². The van der Waals surface area contributed by atoms with Gasteiger partial charge in [0, 0.05) is 37.5 Å². The number of fused-ring (bicyclic) bond motifs is 1. The van der Waals surface area contributed by atoms with Crippen LogP contribution >= 0.6 is 0 Å². The van der Waals surface area contributed by atoms with Gasteiger partial charge in [-0.1, -0.05) is 29.8 Å². The Hall–Kier alpha value is -4.86. The van der Waals surface area contributed by atoms with E-state index in [1.54, 1.807) is 35.3 Å². The van der Waals surface area contributed by atoms with Crippen molar-refractivity contribution in [2.24, 2.45) is 0 Å². The molecule has 1 aliphatic heterocycles. The van der Waals surface area contributed by atoms with E-state index in [1.165, 1.54) is 27.2 Å². The molecule has 0 bridgehead atoms. The van der Waals surface area contributed by atoms with Gasteiger partial charge in [0.2, 0.25) is 10.0 Å². The van der Waals surface area contributed by atoms with E-state index >= 15 is 0 Å². The first-order valence-corrected chi connectivity index (χ1v) is 14.5. The summed E-state index contributed by atoms with van der Waals surface area (Å²) < 4.78 is 31.3. The molecule has 11 nitrogen and oxygen atoms in total. The minimum atomic E-state index is -3.81. The normalized spacial score (nSPS) is 14.6. The summed E-state index contributed by atoms with van der Waals surface area (Å²) in [5.41, 5.74) is 3.54. The third kappa shape index (κ3) is 4.97. The van der Waals surface area contributed by atoms with Crippen molar-refractivity contribution in [2.75, 3.05) is 18.4 Å². The van der Waals surface area contributed by atoms with Crippen LogP contribution in [-0.2, 0) is 10.0 Å². The first-order chi connectivity index (χ1) is 19.8. The Kier molecular flexibility index (Phi) is 6.82. The number of carbonyl (C=O) groups is 1. The van der Waals surface area contributed by atoms with Gasteiger partial charge in [-0.15, -0.1) is 0 Å². The van der Waals surface area contributed by atoms with Crippen LogP contribution in [0.15, 0.2) is 84.1 Å². The number of sulfonamides is 1. The van der Waals surface area contributed by atoms with Crippen LogP contribution in [0.4, 0.5) is 5.82 Å². The van der Waals surface area contributed by atoms with E-state index in [-0.39, 0.29) is 22.3 Å². The van der Waals surface area contributed by atoms with Gasteiger partial charge in [0.15, 0.2) is 5.65 Å². The van der Waals surface area contributed by atoms with Crippen LogP contribution in [0.2, 0.25) is 0 Å². The Balaban J connectivity index is 1.27. The van der Waals surface area contributed by atoms with Crippen LogP contribution in [0.25, 0.3) is 11.3 Å². The van der Waals surface area contributed by atoms with E-state index < -0.39 is 10.0 Å². The van der Waals surface area contributed by atoms with Crippen LogP contribution in [-0.4, -0.2) is 56.1 Å². The lowest BCUT2D eigenvalue weighted by atomic mass is 9.95. The number of benzene rings is 2. The summed E-state index contributed by atoms with van der Waals surface area (Å²) in [4.78, 5) is 17.6. The molecule has 0 radical (unpaired) electrons. The van der Waals surface area contributed by atoms with E-state index in [0.29, 0.717) is 43.0 Å². The molecule has 1 saturated heterocycles. The molecule has 1 aliphatic rings. The zero-order chi connectivity index (χ0) is 28.6. The van der Waals surface area contributed by atoms with Crippen LogP contribution in [0.1, 0.15) is 45.9 Å². The van der Waals surface area contributed by atoms with Crippen molar-refractivity contribution in [3.63, 3.8) is 0 Å². The fourth-order valence-electron chi connectivity index (χ4n) is 5.06. The summed E-state index contributed by atoms with van der Waals surface area (Å²) in [6.07, 6.45) is 5.90. The molecule has 3 aromatic heterocycles. The SMILES string of the molecule is Cc1ccc(-n2nc(C3CCN(S(=O)(=O)c4ccccc4C#N)CC3)cc2NC(=O)c2cnn3cccnc23)cc1. The van der Waals surface area contributed by atoms with E-state index in [1.807, 2.05) is 43.3 Å². The highest BCUT2D eigenvalue weighted by atomic mass is 32.2. The van der Waals surface area contributed by atoms with Crippen LogP contribution in [0, 0.1) is 18.3 Å². The Labute approximate surface area is 236 Å². The van der Waals surface area contributed by atoms with Gasteiger partial charge in [-0.25, -0.2) is 22.6 Å². The third-order valence-electron chi connectivity index (χ3n) is 7.27. The van der Waals surface area contributed by atoms with Gasteiger partial charge in [-0.3, -0.25) is 4.79 Å². The minimum Gasteiger partial charge on any atom is -0.306 e. The van der Waals surface area contributed by atoms with Crippen molar-refractivity contribution in [2.45, 2.75) is 30.6 Å². The van der Waals surface area contributed by atoms with E-state index in [9.17, 15) is 18.5 Å². The summed E-state index contributed by atoms with van der Waals surface area (Å²) in [5.74, 6) is 0.103. The second-order valence-corrected chi connectivity index (χ2v) is 11.8. The third-order valence-corrected chi connectivity index (χ3v) is 9.23. The molecule has 0 aliphatic carbocycles. The number of carbonyl (C=O) groups excluding carboxylic acids is 1. The van der Waals surface area contributed by atoms with Crippen molar-refractivity contribution < 1.29 is 13.2 Å². The second kappa shape index (κ2) is 10.6. The molecule has 2 aromatic carbocycles. The smallest absolute Gasteiger partial charge is 0.262 e. The Morgan fingerprint density at radius 1 is 1.07 bits per heavy atom. The number of nitrogens with one attached hydrogen (secondary N) is 1. The Morgan fingerprint density at radius 3 is 2.59 bits per heavy atom. The van der Waals surface area contributed by atoms with Gasteiger partial charge >= 0.3 is 0 Å². The molecule has 6 rings (SSSR count). The largest absolute Gasteiger partial charge is 0.306 e.